The van der Waals surface area contributed by atoms with Crippen molar-refractivity contribution in [2.45, 2.75) is 33.1 Å². The Morgan fingerprint density at radius 2 is 1.72 bits per heavy atom. The summed E-state index contributed by atoms with van der Waals surface area (Å²) >= 11 is 0. The van der Waals surface area contributed by atoms with Gasteiger partial charge in [-0.15, -0.1) is 0 Å². The first-order chi connectivity index (χ1) is 15.2. The summed E-state index contributed by atoms with van der Waals surface area (Å²) < 4.78 is 0. The molecular formula is C26H24N2O4. The number of hydrogen-bond donors (Lipinski definition) is 1. The summed E-state index contributed by atoms with van der Waals surface area (Å²) in [7, 11) is 0. The minimum absolute atomic E-state index is 0.00233. The van der Waals surface area contributed by atoms with Gasteiger partial charge in [-0.25, -0.2) is 0 Å². The molecule has 0 radical (unpaired) electrons. The minimum Gasteiger partial charge on any atom is -0.511 e. The van der Waals surface area contributed by atoms with Gasteiger partial charge in [-0.1, -0.05) is 56.3 Å². The average Bonchev–Trinajstić information content (AvgIpc) is 2.73. The van der Waals surface area contributed by atoms with E-state index in [1.807, 2.05) is 56.3 Å². The fraction of sp³-hybridized carbons (Fsp3) is 0.231. The van der Waals surface area contributed by atoms with E-state index in [1.165, 1.54) is 12.1 Å². The van der Waals surface area contributed by atoms with E-state index in [0.717, 1.165) is 16.3 Å². The number of Topliss-reactive ketones (excluding diaryl/α,β-unsaturated/α-hetero) is 1. The van der Waals surface area contributed by atoms with Crippen LogP contribution in [0, 0.1) is 15.5 Å². The van der Waals surface area contributed by atoms with Crippen LogP contribution < -0.4 is 0 Å². The van der Waals surface area contributed by atoms with Crippen LogP contribution in [0.15, 0.2) is 83.1 Å². The Hall–Kier alpha value is -3.80. The number of ketones is 1. The molecule has 1 N–H and O–H groups in total. The summed E-state index contributed by atoms with van der Waals surface area (Å²) in [5.41, 5.74) is 1.89. The molecule has 0 amide bonds. The summed E-state index contributed by atoms with van der Waals surface area (Å²) in [6.07, 6.45) is 1.06. The topological polar surface area (TPSA) is 92.8 Å². The number of nitro groups is 1. The van der Waals surface area contributed by atoms with Crippen molar-refractivity contribution >= 4 is 33.6 Å². The lowest BCUT2D eigenvalue weighted by Crippen LogP contribution is -2.32. The Bertz CT molecular complexity index is 1270. The molecule has 4 rings (SSSR count). The molecule has 0 bridgehead atoms. The van der Waals surface area contributed by atoms with Gasteiger partial charge in [-0.3, -0.25) is 19.9 Å². The van der Waals surface area contributed by atoms with Crippen molar-refractivity contribution in [3.8, 4) is 0 Å². The van der Waals surface area contributed by atoms with Crippen molar-refractivity contribution in [1.29, 1.82) is 0 Å². The lowest BCUT2D eigenvalue weighted by molar-refractivity contribution is -0.384. The molecule has 0 saturated heterocycles. The lowest BCUT2D eigenvalue weighted by Gasteiger charge is -2.31. The number of aliphatic imine (C=N–C) groups is 1. The molecule has 0 aliphatic heterocycles. The number of hydrogen-bond acceptors (Lipinski definition) is 5. The average molecular weight is 428 g/mol. The molecule has 6 heteroatoms. The number of fused-ring (bicyclic) bond motifs is 1. The summed E-state index contributed by atoms with van der Waals surface area (Å²) in [6.45, 7) is 3.99. The van der Waals surface area contributed by atoms with Gasteiger partial charge in [0.1, 0.15) is 5.76 Å². The molecule has 6 nitrogen and oxygen atoms in total. The molecule has 162 valence electrons. The third-order valence-electron chi connectivity index (χ3n) is 5.70. The number of allylic oxidation sites excluding steroid dienone is 2. The number of carbonyl (C=O) groups excluding carboxylic acids is 1. The molecule has 1 fully saturated rings. The third kappa shape index (κ3) is 4.44. The van der Waals surface area contributed by atoms with Gasteiger partial charge in [-0.05, 0) is 40.3 Å². The van der Waals surface area contributed by atoms with Crippen molar-refractivity contribution in [3.63, 3.8) is 0 Å². The van der Waals surface area contributed by atoms with Gasteiger partial charge in [0.15, 0.2) is 5.78 Å². The van der Waals surface area contributed by atoms with Gasteiger partial charge >= 0.3 is 0 Å². The standard InChI is InChI=1S/C26H24N2O4/c1-26(2)15-22(27-19-10-12-20(13-11-19)28(31)32)25(24(30)16-26)23(29)14-18-8-5-7-17-6-3-4-9-21(17)18/h3-13,29H,14-16H2,1-2H3/b25-23+,27-22?. The highest BCUT2D eigenvalue weighted by Gasteiger charge is 2.36. The van der Waals surface area contributed by atoms with Crippen molar-refractivity contribution in [2.24, 2.45) is 10.4 Å². The molecule has 0 unspecified atom stereocenters. The molecule has 0 spiro atoms. The van der Waals surface area contributed by atoms with E-state index < -0.39 is 4.92 Å². The van der Waals surface area contributed by atoms with E-state index >= 15 is 0 Å². The largest absolute Gasteiger partial charge is 0.511 e. The van der Waals surface area contributed by atoms with Gasteiger partial charge < -0.3 is 5.11 Å². The van der Waals surface area contributed by atoms with E-state index in [-0.39, 0.29) is 34.6 Å². The highest BCUT2D eigenvalue weighted by Crippen LogP contribution is 2.37. The normalized spacial score (nSPS) is 18.7. The molecule has 1 aliphatic rings. The Morgan fingerprint density at radius 1 is 1.03 bits per heavy atom. The van der Waals surface area contributed by atoms with Crippen molar-refractivity contribution in [2.75, 3.05) is 0 Å². The van der Waals surface area contributed by atoms with Crippen LogP contribution in [0.2, 0.25) is 0 Å². The maximum atomic E-state index is 13.1. The van der Waals surface area contributed by atoms with Crippen molar-refractivity contribution in [3.05, 3.63) is 93.7 Å². The van der Waals surface area contributed by atoms with Crippen LogP contribution >= 0.6 is 0 Å². The second-order valence-corrected chi connectivity index (χ2v) is 8.91. The number of aliphatic hydroxyl groups is 1. The number of non-ortho nitro benzene ring substituents is 1. The first-order valence-corrected chi connectivity index (χ1v) is 10.5. The summed E-state index contributed by atoms with van der Waals surface area (Å²) in [6, 6.07) is 19.7. The second kappa shape index (κ2) is 8.38. The van der Waals surface area contributed by atoms with Crippen LogP contribution in [0.5, 0.6) is 0 Å². The van der Waals surface area contributed by atoms with E-state index in [9.17, 15) is 20.0 Å². The minimum atomic E-state index is -0.467. The molecule has 0 aromatic heterocycles. The Balaban J connectivity index is 1.76. The summed E-state index contributed by atoms with van der Waals surface area (Å²) in [5, 5.41) is 24.1. The predicted molar refractivity (Wildman–Crippen MR) is 126 cm³/mol. The number of aliphatic hydroxyl groups excluding tert-OH is 1. The van der Waals surface area contributed by atoms with Gasteiger partial charge in [0.2, 0.25) is 0 Å². The molecule has 1 aliphatic carbocycles. The van der Waals surface area contributed by atoms with Crippen molar-refractivity contribution < 1.29 is 14.8 Å². The molecule has 3 aromatic carbocycles. The quantitative estimate of drug-likeness (QED) is 0.230. The first kappa shape index (κ1) is 21.4. The van der Waals surface area contributed by atoms with E-state index in [0.29, 0.717) is 24.2 Å². The summed E-state index contributed by atoms with van der Waals surface area (Å²) in [5.74, 6) is -0.137. The number of nitro benzene ring substituents is 1. The van der Waals surface area contributed by atoms with Crippen LogP contribution in [-0.2, 0) is 11.2 Å². The maximum Gasteiger partial charge on any atom is 0.269 e. The number of rotatable bonds is 4. The molecule has 1 saturated carbocycles. The zero-order chi connectivity index (χ0) is 22.9. The van der Waals surface area contributed by atoms with E-state index in [1.54, 1.807) is 12.1 Å². The number of nitrogens with zero attached hydrogens (tertiary/aromatic N) is 2. The van der Waals surface area contributed by atoms with Gasteiger partial charge in [0.25, 0.3) is 5.69 Å². The van der Waals surface area contributed by atoms with Gasteiger partial charge in [0, 0.05) is 25.0 Å². The predicted octanol–water partition coefficient (Wildman–Crippen LogP) is 6.26. The molecule has 0 heterocycles. The first-order valence-electron chi connectivity index (χ1n) is 10.5. The Morgan fingerprint density at radius 3 is 2.44 bits per heavy atom. The SMILES string of the molecule is CC1(C)CC(=O)/C(=C(/O)Cc2cccc3ccccc23)C(=Nc2ccc([N+](=O)[O-])cc2)C1. The molecule has 0 atom stereocenters. The van der Waals surface area contributed by atoms with Crippen LogP contribution in [0.25, 0.3) is 10.8 Å². The molecule has 32 heavy (non-hydrogen) atoms. The smallest absolute Gasteiger partial charge is 0.269 e. The Labute approximate surface area is 186 Å². The van der Waals surface area contributed by atoms with Crippen LogP contribution in [-0.4, -0.2) is 21.5 Å². The summed E-state index contributed by atoms with van der Waals surface area (Å²) in [4.78, 5) is 28.1. The van der Waals surface area contributed by atoms with E-state index in [4.69, 9.17) is 0 Å². The zero-order valence-corrected chi connectivity index (χ0v) is 18.0. The highest BCUT2D eigenvalue weighted by atomic mass is 16.6. The monoisotopic (exact) mass is 428 g/mol. The lowest BCUT2D eigenvalue weighted by atomic mass is 9.73. The highest BCUT2D eigenvalue weighted by molar-refractivity contribution is 6.25. The maximum absolute atomic E-state index is 13.1. The van der Waals surface area contributed by atoms with Gasteiger partial charge in [0.05, 0.1) is 21.9 Å². The van der Waals surface area contributed by atoms with Crippen LogP contribution in [0.1, 0.15) is 32.3 Å². The third-order valence-corrected chi connectivity index (χ3v) is 5.70. The van der Waals surface area contributed by atoms with Crippen molar-refractivity contribution in [1.82, 2.24) is 0 Å². The van der Waals surface area contributed by atoms with Gasteiger partial charge in [-0.2, -0.15) is 0 Å². The fourth-order valence-electron chi connectivity index (χ4n) is 4.23. The van der Waals surface area contributed by atoms with Crippen LogP contribution in [0.4, 0.5) is 11.4 Å². The Kier molecular flexibility index (Phi) is 5.61. The molecular weight excluding hydrogens is 404 g/mol. The van der Waals surface area contributed by atoms with Crippen LogP contribution in [0.3, 0.4) is 0 Å². The number of carbonyl (C=O) groups is 1. The van der Waals surface area contributed by atoms with E-state index in [2.05, 4.69) is 4.99 Å². The molecule has 3 aromatic rings. The number of benzene rings is 3. The second-order valence-electron chi connectivity index (χ2n) is 8.91. The fourth-order valence-corrected chi connectivity index (χ4v) is 4.23. The zero-order valence-electron chi connectivity index (χ0n) is 18.0.